The second-order valence-corrected chi connectivity index (χ2v) is 3.84. The van der Waals surface area contributed by atoms with Crippen molar-refractivity contribution in [1.82, 2.24) is 0 Å². The molecular weight excluding hydrogens is 176 g/mol. The Bertz CT molecular complexity index is 399. The number of hydrogen-bond acceptors (Lipinski definition) is 2. The monoisotopic (exact) mass is 190 g/mol. The number of fused-ring (bicyclic) bond motifs is 1. The summed E-state index contributed by atoms with van der Waals surface area (Å²) in [4.78, 5) is 11.4. The normalized spacial score (nSPS) is 19.6. The van der Waals surface area contributed by atoms with Crippen LogP contribution in [0.4, 0.5) is 11.4 Å². The first-order valence-electron chi connectivity index (χ1n) is 4.76. The molecule has 14 heavy (non-hydrogen) atoms. The summed E-state index contributed by atoms with van der Waals surface area (Å²) in [5.74, 6) is 0.0285. The van der Waals surface area contributed by atoms with Gasteiger partial charge in [-0.3, -0.25) is 4.79 Å². The fourth-order valence-corrected chi connectivity index (χ4v) is 1.58. The molecule has 74 valence electrons. The molecule has 1 aliphatic rings. The van der Waals surface area contributed by atoms with Crippen molar-refractivity contribution in [3.8, 4) is 0 Å². The highest BCUT2D eigenvalue weighted by molar-refractivity contribution is 6.02. The number of hydrogen-bond donors (Lipinski definition) is 2. The highest BCUT2D eigenvalue weighted by Gasteiger charge is 2.21. The maximum Gasteiger partial charge on any atom is 0.246 e. The van der Waals surface area contributed by atoms with Crippen molar-refractivity contribution < 1.29 is 4.79 Å². The standard InChI is InChI=1S/C11H14N2O/c1-6-4-9-10(5-7(6)2)13-11(14)8(3)12-9/h4-5,8,12H,1-3H3,(H,13,14). The van der Waals surface area contributed by atoms with E-state index in [0.29, 0.717) is 0 Å². The Morgan fingerprint density at radius 1 is 1.14 bits per heavy atom. The van der Waals surface area contributed by atoms with Gasteiger partial charge in [0, 0.05) is 0 Å². The lowest BCUT2D eigenvalue weighted by molar-refractivity contribution is -0.116. The molecule has 0 radical (unpaired) electrons. The summed E-state index contributed by atoms with van der Waals surface area (Å²) in [5.41, 5.74) is 4.33. The van der Waals surface area contributed by atoms with E-state index < -0.39 is 0 Å². The fraction of sp³-hybridized carbons (Fsp3) is 0.364. The summed E-state index contributed by atoms with van der Waals surface area (Å²) in [7, 11) is 0. The molecule has 3 heteroatoms. The van der Waals surface area contributed by atoms with Crippen molar-refractivity contribution in [2.24, 2.45) is 0 Å². The van der Waals surface area contributed by atoms with Gasteiger partial charge >= 0.3 is 0 Å². The Morgan fingerprint density at radius 3 is 2.36 bits per heavy atom. The molecule has 0 aliphatic carbocycles. The summed E-state index contributed by atoms with van der Waals surface area (Å²) in [5, 5.41) is 6.04. The average Bonchev–Trinajstić information content (AvgIpc) is 2.11. The zero-order valence-corrected chi connectivity index (χ0v) is 8.64. The molecule has 0 spiro atoms. The third-order valence-corrected chi connectivity index (χ3v) is 2.66. The van der Waals surface area contributed by atoms with Crippen LogP contribution in [0.5, 0.6) is 0 Å². The van der Waals surface area contributed by atoms with E-state index in [9.17, 15) is 4.79 Å². The molecule has 0 saturated heterocycles. The maximum absolute atomic E-state index is 11.4. The molecule has 1 unspecified atom stereocenters. The van der Waals surface area contributed by atoms with Crippen LogP contribution in [0.25, 0.3) is 0 Å². The van der Waals surface area contributed by atoms with E-state index in [4.69, 9.17) is 0 Å². The summed E-state index contributed by atoms with van der Waals surface area (Å²) < 4.78 is 0. The lowest BCUT2D eigenvalue weighted by atomic mass is 10.1. The summed E-state index contributed by atoms with van der Waals surface area (Å²) in [6.07, 6.45) is 0. The number of amides is 1. The third kappa shape index (κ3) is 1.35. The maximum atomic E-state index is 11.4. The molecule has 1 aromatic rings. The first kappa shape index (κ1) is 9.06. The number of rotatable bonds is 0. The van der Waals surface area contributed by atoms with Crippen molar-refractivity contribution in [3.05, 3.63) is 23.3 Å². The molecular formula is C11H14N2O. The molecule has 0 aromatic heterocycles. The van der Waals surface area contributed by atoms with Crippen molar-refractivity contribution in [2.75, 3.05) is 10.6 Å². The van der Waals surface area contributed by atoms with Gasteiger partial charge in [0.05, 0.1) is 11.4 Å². The minimum atomic E-state index is -0.149. The Balaban J connectivity index is 2.47. The lowest BCUT2D eigenvalue weighted by Crippen LogP contribution is -2.36. The van der Waals surface area contributed by atoms with Gasteiger partial charge in [0.25, 0.3) is 0 Å². The van der Waals surface area contributed by atoms with E-state index in [1.54, 1.807) is 0 Å². The summed E-state index contributed by atoms with van der Waals surface area (Å²) in [6, 6.07) is 3.92. The summed E-state index contributed by atoms with van der Waals surface area (Å²) in [6.45, 7) is 5.96. The van der Waals surface area contributed by atoms with Gasteiger partial charge < -0.3 is 10.6 Å². The predicted molar refractivity (Wildman–Crippen MR) is 57.6 cm³/mol. The first-order chi connectivity index (χ1) is 6.58. The van der Waals surface area contributed by atoms with E-state index in [1.807, 2.05) is 19.9 Å². The molecule has 2 rings (SSSR count). The van der Waals surface area contributed by atoms with E-state index in [2.05, 4.69) is 23.6 Å². The van der Waals surface area contributed by atoms with Gasteiger partial charge in [-0.15, -0.1) is 0 Å². The molecule has 2 N–H and O–H groups in total. The second kappa shape index (κ2) is 3.01. The molecule has 3 nitrogen and oxygen atoms in total. The van der Waals surface area contributed by atoms with E-state index >= 15 is 0 Å². The topological polar surface area (TPSA) is 41.1 Å². The van der Waals surface area contributed by atoms with Gasteiger partial charge in [0.1, 0.15) is 6.04 Å². The van der Waals surface area contributed by atoms with Gasteiger partial charge in [-0.1, -0.05) is 0 Å². The van der Waals surface area contributed by atoms with E-state index in [1.165, 1.54) is 11.1 Å². The number of aryl methyl sites for hydroxylation is 2. The molecule has 1 amide bonds. The number of anilines is 2. The minimum absolute atomic E-state index is 0.0285. The number of carbonyl (C=O) groups excluding carboxylic acids is 1. The third-order valence-electron chi connectivity index (χ3n) is 2.66. The minimum Gasteiger partial charge on any atom is -0.372 e. The Morgan fingerprint density at radius 2 is 1.71 bits per heavy atom. The van der Waals surface area contributed by atoms with Crippen LogP contribution >= 0.6 is 0 Å². The second-order valence-electron chi connectivity index (χ2n) is 3.84. The van der Waals surface area contributed by atoms with Crippen LogP contribution in [0.15, 0.2) is 12.1 Å². The molecule has 0 saturated carbocycles. The molecule has 1 aromatic carbocycles. The number of carbonyl (C=O) groups is 1. The van der Waals surface area contributed by atoms with Crippen molar-refractivity contribution in [1.29, 1.82) is 0 Å². The van der Waals surface area contributed by atoms with E-state index in [0.717, 1.165) is 11.4 Å². The fourth-order valence-electron chi connectivity index (χ4n) is 1.58. The van der Waals surface area contributed by atoms with Crippen LogP contribution in [0.1, 0.15) is 18.1 Å². The van der Waals surface area contributed by atoms with Gasteiger partial charge in [0.15, 0.2) is 0 Å². The molecule has 1 aliphatic heterocycles. The van der Waals surface area contributed by atoms with Crippen LogP contribution in [0.2, 0.25) is 0 Å². The average molecular weight is 190 g/mol. The molecule has 0 fully saturated rings. The molecule has 0 bridgehead atoms. The SMILES string of the molecule is Cc1cc2c(cc1C)NC(C)C(=O)N2. The van der Waals surface area contributed by atoms with Crippen LogP contribution < -0.4 is 10.6 Å². The zero-order valence-electron chi connectivity index (χ0n) is 8.64. The quantitative estimate of drug-likeness (QED) is 0.657. The smallest absolute Gasteiger partial charge is 0.246 e. The Hall–Kier alpha value is -1.51. The van der Waals surface area contributed by atoms with Crippen LogP contribution in [0, 0.1) is 13.8 Å². The zero-order chi connectivity index (χ0) is 10.3. The van der Waals surface area contributed by atoms with Crippen LogP contribution in [0.3, 0.4) is 0 Å². The van der Waals surface area contributed by atoms with Crippen LogP contribution in [-0.4, -0.2) is 11.9 Å². The number of nitrogens with one attached hydrogen (secondary N) is 2. The van der Waals surface area contributed by atoms with Crippen molar-refractivity contribution in [3.63, 3.8) is 0 Å². The molecule has 1 heterocycles. The van der Waals surface area contributed by atoms with Crippen molar-refractivity contribution in [2.45, 2.75) is 26.8 Å². The highest BCUT2D eigenvalue weighted by Crippen LogP contribution is 2.29. The van der Waals surface area contributed by atoms with Gasteiger partial charge in [0.2, 0.25) is 5.91 Å². The van der Waals surface area contributed by atoms with Gasteiger partial charge in [-0.2, -0.15) is 0 Å². The summed E-state index contributed by atoms with van der Waals surface area (Å²) >= 11 is 0. The van der Waals surface area contributed by atoms with Crippen molar-refractivity contribution >= 4 is 17.3 Å². The van der Waals surface area contributed by atoms with Gasteiger partial charge in [-0.25, -0.2) is 0 Å². The Kier molecular flexibility index (Phi) is 1.95. The Labute approximate surface area is 83.5 Å². The molecule has 1 atom stereocenters. The van der Waals surface area contributed by atoms with Crippen LogP contribution in [-0.2, 0) is 4.79 Å². The largest absolute Gasteiger partial charge is 0.372 e. The van der Waals surface area contributed by atoms with Gasteiger partial charge in [-0.05, 0) is 44.0 Å². The highest BCUT2D eigenvalue weighted by atomic mass is 16.2. The lowest BCUT2D eigenvalue weighted by Gasteiger charge is -2.25. The number of benzene rings is 1. The van der Waals surface area contributed by atoms with E-state index in [-0.39, 0.29) is 11.9 Å². The first-order valence-corrected chi connectivity index (χ1v) is 4.76. The predicted octanol–water partition coefficient (Wildman–Crippen LogP) is 2.06.